The van der Waals surface area contributed by atoms with Gasteiger partial charge in [-0.15, -0.1) is 0 Å². The minimum Gasteiger partial charge on any atom is -0.497 e. The van der Waals surface area contributed by atoms with Crippen LogP contribution < -0.4 is 20.1 Å². The fourth-order valence-electron chi connectivity index (χ4n) is 2.43. The third kappa shape index (κ3) is 5.37. The molecule has 1 aromatic carbocycles. The van der Waals surface area contributed by atoms with E-state index in [-0.39, 0.29) is 37.4 Å². The van der Waals surface area contributed by atoms with Crippen molar-refractivity contribution in [3.8, 4) is 11.5 Å². The van der Waals surface area contributed by atoms with Crippen LogP contribution in [0.3, 0.4) is 0 Å². The first-order valence-electron chi connectivity index (χ1n) is 8.12. The van der Waals surface area contributed by atoms with Crippen molar-refractivity contribution in [3.05, 3.63) is 23.8 Å². The summed E-state index contributed by atoms with van der Waals surface area (Å²) in [4.78, 5) is 37.3. The number of ether oxygens (including phenoxy) is 2. The molecule has 1 aliphatic rings. The van der Waals surface area contributed by atoms with E-state index in [4.69, 9.17) is 9.47 Å². The molecule has 25 heavy (non-hydrogen) atoms. The van der Waals surface area contributed by atoms with Crippen LogP contribution in [0, 0.1) is 0 Å². The Hall–Kier alpha value is -2.77. The normalized spacial score (nSPS) is 16.6. The second kappa shape index (κ2) is 8.91. The predicted molar refractivity (Wildman–Crippen MR) is 90.7 cm³/mol. The number of rotatable bonds is 1. The van der Waals surface area contributed by atoms with E-state index in [1.807, 2.05) is 0 Å². The van der Waals surface area contributed by atoms with Gasteiger partial charge in [-0.1, -0.05) is 0 Å². The number of benzene rings is 1. The maximum atomic E-state index is 12.4. The average Bonchev–Trinajstić information content (AvgIpc) is 2.60. The van der Waals surface area contributed by atoms with E-state index in [1.165, 1.54) is 18.9 Å². The molecule has 3 amide bonds. The largest absolute Gasteiger partial charge is 0.497 e. The van der Waals surface area contributed by atoms with Gasteiger partial charge in [0.1, 0.15) is 18.1 Å². The molecular formula is C17H23N3O5. The third-order valence-corrected chi connectivity index (χ3v) is 3.79. The molecule has 1 aromatic rings. The molecule has 0 bridgehead atoms. The quantitative estimate of drug-likeness (QED) is 0.753. The number of nitrogens with zero attached hydrogens (tertiary/aromatic N) is 1. The second-order valence-corrected chi connectivity index (χ2v) is 5.61. The minimum absolute atomic E-state index is 0.00626. The summed E-state index contributed by atoms with van der Waals surface area (Å²) in [5, 5.41) is 5.50. The van der Waals surface area contributed by atoms with Crippen molar-refractivity contribution >= 4 is 17.7 Å². The number of methoxy groups -OCH3 is 1. The zero-order chi connectivity index (χ0) is 18.2. The van der Waals surface area contributed by atoms with Crippen LogP contribution in [0.15, 0.2) is 18.2 Å². The fraction of sp³-hybridized carbons (Fsp3) is 0.471. The molecule has 2 N–H and O–H groups in total. The van der Waals surface area contributed by atoms with Gasteiger partial charge in [0.15, 0.2) is 0 Å². The number of fused-ring (bicyclic) bond motifs is 1. The lowest BCUT2D eigenvalue weighted by Gasteiger charge is -2.21. The molecular weight excluding hydrogens is 326 g/mol. The van der Waals surface area contributed by atoms with Crippen molar-refractivity contribution in [2.75, 3.05) is 39.9 Å². The Morgan fingerprint density at radius 3 is 2.76 bits per heavy atom. The second-order valence-electron chi connectivity index (χ2n) is 5.61. The van der Waals surface area contributed by atoms with E-state index in [2.05, 4.69) is 10.6 Å². The topological polar surface area (TPSA) is 97.0 Å². The molecule has 0 saturated heterocycles. The van der Waals surface area contributed by atoms with Gasteiger partial charge in [-0.3, -0.25) is 14.4 Å². The third-order valence-electron chi connectivity index (χ3n) is 3.79. The first kappa shape index (κ1) is 18.6. The summed E-state index contributed by atoms with van der Waals surface area (Å²) in [6, 6.07) is 4.96. The monoisotopic (exact) mass is 349 g/mol. The number of amides is 3. The predicted octanol–water partition coefficient (Wildman–Crippen LogP) is 0.172. The van der Waals surface area contributed by atoms with Crippen molar-refractivity contribution in [2.45, 2.75) is 13.3 Å². The van der Waals surface area contributed by atoms with Crippen LogP contribution in [-0.2, 0) is 9.59 Å². The molecule has 0 radical (unpaired) electrons. The van der Waals surface area contributed by atoms with Crippen LogP contribution in [0.25, 0.3) is 0 Å². The first-order chi connectivity index (χ1) is 12.0. The van der Waals surface area contributed by atoms with E-state index in [1.54, 1.807) is 18.2 Å². The molecule has 1 heterocycles. The van der Waals surface area contributed by atoms with Crippen LogP contribution in [-0.4, -0.2) is 62.5 Å². The summed E-state index contributed by atoms with van der Waals surface area (Å²) in [5.41, 5.74) is 0.396. The highest BCUT2D eigenvalue weighted by Gasteiger charge is 2.16. The molecule has 0 fully saturated rings. The smallest absolute Gasteiger partial charge is 0.255 e. The summed E-state index contributed by atoms with van der Waals surface area (Å²) in [7, 11) is 1.53. The highest BCUT2D eigenvalue weighted by atomic mass is 16.5. The zero-order valence-corrected chi connectivity index (χ0v) is 14.5. The molecule has 0 atom stereocenters. The lowest BCUT2D eigenvalue weighted by molar-refractivity contribution is -0.134. The van der Waals surface area contributed by atoms with E-state index in [0.29, 0.717) is 36.6 Å². The number of carbonyl (C=O) groups excluding carboxylic acids is 3. The summed E-state index contributed by atoms with van der Waals surface area (Å²) >= 11 is 0. The van der Waals surface area contributed by atoms with E-state index in [9.17, 15) is 14.4 Å². The van der Waals surface area contributed by atoms with Crippen molar-refractivity contribution in [1.82, 2.24) is 15.5 Å². The Morgan fingerprint density at radius 1 is 1.24 bits per heavy atom. The van der Waals surface area contributed by atoms with Crippen LogP contribution in [0.4, 0.5) is 0 Å². The summed E-state index contributed by atoms with van der Waals surface area (Å²) < 4.78 is 10.8. The molecule has 0 spiro atoms. The van der Waals surface area contributed by atoms with Gasteiger partial charge >= 0.3 is 0 Å². The van der Waals surface area contributed by atoms with Crippen molar-refractivity contribution in [3.63, 3.8) is 0 Å². The van der Waals surface area contributed by atoms with Gasteiger partial charge in [0.05, 0.1) is 25.8 Å². The van der Waals surface area contributed by atoms with Crippen LogP contribution >= 0.6 is 0 Å². The Kier molecular flexibility index (Phi) is 6.62. The van der Waals surface area contributed by atoms with Gasteiger partial charge in [-0.25, -0.2) is 0 Å². The maximum Gasteiger partial charge on any atom is 0.255 e. The van der Waals surface area contributed by atoms with Gasteiger partial charge in [0.2, 0.25) is 11.8 Å². The highest BCUT2D eigenvalue weighted by Crippen LogP contribution is 2.24. The summed E-state index contributed by atoms with van der Waals surface area (Å²) in [5.74, 6) is 0.295. The molecule has 2 rings (SSSR count). The minimum atomic E-state index is -0.256. The lowest BCUT2D eigenvalue weighted by atomic mass is 10.1. The molecule has 0 aromatic heterocycles. The number of nitrogens with one attached hydrogen (secondary N) is 2. The SMILES string of the molecule is COc1ccc2c(c1)OCCNC(=O)CN(C(C)=O)CCCNC2=O. The van der Waals surface area contributed by atoms with E-state index < -0.39 is 0 Å². The first-order valence-corrected chi connectivity index (χ1v) is 8.12. The van der Waals surface area contributed by atoms with Crippen molar-refractivity contribution in [2.24, 2.45) is 0 Å². The van der Waals surface area contributed by atoms with Gasteiger partial charge in [-0.2, -0.15) is 0 Å². The molecule has 8 nitrogen and oxygen atoms in total. The Labute approximate surface area is 146 Å². The highest BCUT2D eigenvalue weighted by molar-refractivity contribution is 5.97. The molecule has 0 aliphatic carbocycles. The van der Waals surface area contributed by atoms with Gasteiger partial charge in [0, 0.05) is 26.1 Å². The Morgan fingerprint density at radius 2 is 2.04 bits per heavy atom. The van der Waals surface area contributed by atoms with E-state index in [0.717, 1.165) is 0 Å². The molecule has 136 valence electrons. The Bertz CT molecular complexity index is 647. The molecule has 1 aliphatic heterocycles. The standard InChI is InChI=1S/C17H23N3O5/c1-12(21)20-8-3-6-19-17(23)14-5-4-13(24-2)10-15(14)25-9-7-18-16(22)11-20/h4-5,10H,3,6-9,11H2,1-2H3,(H,18,22)(H,19,23). The Balaban J connectivity index is 2.15. The van der Waals surface area contributed by atoms with Crippen molar-refractivity contribution < 1.29 is 23.9 Å². The number of hydrogen-bond donors (Lipinski definition) is 2. The lowest BCUT2D eigenvalue weighted by Crippen LogP contribution is -2.42. The number of carbonyl (C=O) groups is 3. The average molecular weight is 349 g/mol. The fourth-order valence-corrected chi connectivity index (χ4v) is 2.43. The van der Waals surface area contributed by atoms with Crippen LogP contribution in [0.2, 0.25) is 0 Å². The van der Waals surface area contributed by atoms with Gasteiger partial charge < -0.3 is 25.0 Å². The summed E-state index contributed by atoms with van der Waals surface area (Å²) in [6.45, 7) is 2.65. The van der Waals surface area contributed by atoms with Crippen LogP contribution in [0.5, 0.6) is 11.5 Å². The molecule has 0 saturated carbocycles. The molecule has 0 unspecified atom stereocenters. The van der Waals surface area contributed by atoms with Gasteiger partial charge in [-0.05, 0) is 18.6 Å². The maximum absolute atomic E-state index is 12.4. The molecule has 8 heteroatoms. The van der Waals surface area contributed by atoms with Crippen molar-refractivity contribution in [1.29, 1.82) is 0 Å². The number of hydrogen-bond acceptors (Lipinski definition) is 5. The summed E-state index contributed by atoms with van der Waals surface area (Å²) in [6.07, 6.45) is 0.547. The van der Waals surface area contributed by atoms with Gasteiger partial charge in [0.25, 0.3) is 5.91 Å². The van der Waals surface area contributed by atoms with E-state index >= 15 is 0 Å². The zero-order valence-electron chi connectivity index (χ0n) is 14.5. The van der Waals surface area contributed by atoms with Crippen LogP contribution in [0.1, 0.15) is 23.7 Å².